The molecule has 0 aliphatic heterocycles. The summed E-state index contributed by atoms with van der Waals surface area (Å²) >= 11 is 0. The van der Waals surface area contributed by atoms with Gasteiger partial charge < -0.3 is 10.6 Å². The largest absolute Gasteiger partial charge is 0.338 e. The van der Waals surface area contributed by atoms with E-state index in [1.807, 2.05) is 31.2 Å². The monoisotopic (exact) mass is 231 g/mol. The molecule has 0 aromatic heterocycles. The van der Waals surface area contributed by atoms with Crippen LogP contribution in [0.2, 0.25) is 0 Å². The molecular weight excluding hydrogens is 214 g/mol. The average molecular weight is 231 g/mol. The van der Waals surface area contributed by atoms with Crippen molar-refractivity contribution in [2.45, 2.75) is 26.2 Å². The smallest absolute Gasteiger partial charge is 0.319 e. The number of hydrogen-bond donors (Lipinski definition) is 2. The summed E-state index contributed by atoms with van der Waals surface area (Å²) in [6, 6.07) is 9.49. The van der Waals surface area contributed by atoms with Crippen LogP contribution in [-0.2, 0) is 0 Å². The van der Waals surface area contributed by atoms with E-state index in [1.54, 1.807) is 0 Å². The van der Waals surface area contributed by atoms with Crippen LogP contribution in [0.5, 0.6) is 0 Å². The van der Waals surface area contributed by atoms with Gasteiger partial charge in [0.2, 0.25) is 0 Å². The number of benzene rings is 1. The SMILES string of the molecule is Cc1ccc(NC(=O)NCCCCC#N)cc1. The predicted octanol–water partition coefficient (Wildman–Crippen LogP) is 2.81. The fourth-order valence-corrected chi connectivity index (χ4v) is 1.34. The van der Waals surface area contributed by atoms with Crippen molar-refractivity contribution in [3.05, 3.63) is 29.8 Å². The Morgan fingerprint density at radius 3 is 2.65 bits per heavy atom. The molecule has 2 amide bonds. The lowest BCUT2D eigenvalue weighted by Crippen LogP contribution is -2.29. The van der Waals surface area contributed by atoms with Crippen LogP contribution in [0.4, 0.5) is 10.5 Å². The normalized spacial score (nSPS) is 9.41. The lowest BCUT2D eigenvalue weighted by molar-refractivity contribution is 0.252. The van der Waals surface area contributed by atoms with Crippen molar-refractivity contribution in [1.82, 2.24) is 5.32 Å². The first-order chi connectivity index (χ1) is 8.22. The number of carbonyl (C=O) groups is 1. The molecule has 0 saturated carbocycles. The summed E-state index contributed by atoms with van der Waals surface area (Å²) in [6.07, 6.45) is 2.19. The minimum atomic E-state index is -0.203. The van der Waals surface area contributed by atoms with Gasteiger partial charge in [0, 0.05) is 18.7 Å². The standard InChI is InChI=1S/C13H17N3O/c1-11-5-7-12(8-6-11)16-13(17)15-10-4-2-3-9-14/h5-8H,2-4,10H2,1H3,(H2,15,16,17). The van der Waals surface area contributed by atoms with E-state index in [9.17, 15) is 4.79 Å². The number of anilines is 1. The van der Waals surface area contributed by atoms with E-state index in [1.165, 1.54) is 0 Å². The predicted molar refractivity (Wildman–Crippen MR) is 67.7 cm³/mol. The molecule has 0 aliphatic rings. The Kier molecular flexibility index (Phi) is 5.59. The molecule has 4 nitrogen and oxygen atoms in total. The lowest BCUT2D eigenvalue weighted by Gasteiger charge is -2.07. The molecule has 1 aromatic carbocycles. The van der Waals surface area contributed by atoms with E-state index in [2.05, 4.69) is 16.7 Å². The number of carbonyl (C=O) groups excluding carboxylic acids is 1. The van der Waals surface area contributed by atoms with E-state index < -0.39 is 0 Å². The first kappa shape index (κ1) is 13.0. The van der Waals surface area contributed by atoms with Crippen LogP contribution in [0.25, 0.3) is 0 Å². The zero-order valence-corrected chi connectivity index (χ0v) is 9.99. The molecule has 90 valence electrons. The average Bonchev–Trinajstić information content (AvgIpc) is 2.32. The number of rotatable bonds is 5. The molecule has 17 heavy (non-hydrogen) atoms. The minimum Gasteiger partial charge on any atom is -0.338 e. The van der Waals surface area contributed by atoms with Crippen LogP contribution < -0.4 is 10.6 Å². The van der Waals surface area contributed by atoms with E-state index in [0.717, 1.165) is 24.1 Å². The van der Waals surface area contributed by atoms with E-state index in [0.29, 0.717) is 13.0 Å². The molecule has 0 aliphatic carbocycles. The van der Waals surface area contributed by atoms with Crippen LogP contribution >= 0.6 is 0 Å². The van der Waals surface area contributed by atoms with Crippen molar-refractivity contribution in [3.63, 3.8) is 0 Å². The lowest BCUT2D eigenvalue weighted by atomic mass is 10.2. The second-order valence-electron chi connectivity index (χ2n) is 3.86. The Hall–Kier alpha value is -2.02. The Bertz CT molecular complexity index is 392. The summed E-state index contributed by atoms with van der Waals surface area (Å²) in [5.74, 6) is 0. The number of nitrogens with zero attached hydrogens (tertiary/aromatic N) is 1. The highest BCUT2D eigenvalue weighted by Crippen LogP contribution is 2.07. The van der Waals surface area contributed by atoms with Crippen molar-refractivity contribution >= 4 is 11.7 Å². The topological polar surface area (TPSA) is 64.9 Å². The molecule has 4 heteroatoms. The van der Waals surface area contributed by atoms with Crippen molar-refractivity contribution in [1.29, 1.82) is 5.26 Å². The molecule has 0 bridgehead atoms. The zero-order valence-electron chi connectivity index (χ0n) is 9.99. The summed E-state index contributed by atoms with van der Waals surface area (Å²) in [7, 11) is 0. The van der Waals surface area contributed by atoms with Crippen LogP contribution in [0.1, 0.15) is 24.8 Å². The van der Waals surface area contributed by atoms with Gasteiger partial charge in [-0.1, -0.05) is 17.7 Å². The van der Waals surface area contributed by atoms with Gasteiger partial charge in [0.05, 0.1) is 6.07 Å². The van der Waals surface area contributed by atoms with E-state index >= 15 is 0 Å². The van der Waals surface area contributed by atoms with Crippen molar-refractivity contribution in [2.24, 2.45) is 0 Å². The minimum absolute atomic E-state index is 0.203. The fraction of sp³-hybridized carbons (Fsp3) is 0.385. The van der Waals surface area contributed by atoms with Gasteiger partial charge in [0.25, 0.3) is 0 Å². The summed E-state index contributed by atoms with van der Waals surface area (Å²) < 4.78 is 0. The van der Waals surface area contributed by atoms with E-state index in [-0.39, 0.29) is 6.03 Å². The molecular formula is C13H17N3O. The van der Waals surface area contributed by atoms with Gasteiger partial charge in [-0.15, -0.1) is 0 Å². The van der Waals surface area contributed by atoms with E-state index in [4.69, 9.17) is 5.26 Å². The molecule has 0 atom stereocenters. The summed E-state index contributed by atoms with van der Waals surface area (Å²) in [4.78, 5) is 11.4. The van der Waals surface area contributed by atoms with Gasteiger partial charge in [-0.2, -0.15) is 5.26 Å². The molecule has 1 aromatic rings. The number of unbranched alkanes of at least 4 members (excludes halogenated alkanes) is 2. The molecule has 0 saturated heterocycles. The number of hydrogen-bond acceptors (Lipinski definition) is 2. The van der Waals surface area contributed by atoms with Gasteiger partial charge in [-0.25, -0.2) is 4.79 Å². The highest BCUT2D eigenvalue weighted by molar-refractivity contribution is 5.89. The summed E-state index contributed by atoms with van der Waals surface area (Å²) in [6.45, 7) is 2.60. The Balaban J connectivity index is 2.21. The highest BCUT2D eigenvalue weighted by Gasteiger charge is 1.99. The maximum absolute atomic E-state index is 11.4. The highest BCUT2D eigenvalue weighted by atomic mass is 16.2. The van der Waals surface area contributed by atoms with Crippen LogP contribution in [0.15, 0.2) is 24.3 Å². The van der Waals surface area contributed by atoms with Gasteiger partial charge in [-0.05, 0) is 31.9 Å². The number of urea groups is 1. The Morgan fingerprint density at radius 1 is 1.29 bits per heavy atom. The van der Waals surface area contributed by atoms with Gasteiger partial charge in [0.15, 0.2) is 0 Å². The van der Waals surface area contributed by atoms with Crippen molar-refractivity contribution < 1.29 is 4.79 Å². The van der Waals surface area contributed by atoms with Crippen LogP contribution in [0, 0.1) is 18.3 Å². The van der Waals surface area contributed by atoms with Gasteiger partial charge >= 0.3 is 6.03 Å². The number of amides is 2. The van der Waals surface area contributed by atoms with Gasteiger partial charge in [-0.3, -0.25) is 0 Å². The Morgan fingerprint density at radius 2 is 2.00 bits per heavy atom. The molecule has 0 spiro atoms. The van der Waals surface area contributed by atoms with Crippen LogP contribution in [-0.4, -0.2) is 12.6 Å². The number of nitrogens with one attached hydrogen (secondary N) is 2. The first-order valence-electron chi connectivity index (χ1n) is 5.71. The van der Waals surface area contributed by atoms with Crippen LogP contribution in [0.3, 0.4) is 0 Å². The molecule has 0 fully saturated rings. The number of aryl methyl sites for hydroxylation is 1. The van der Waals surface area contributed by atoms with Crippen molar-refractivity contribution in [2.75, 3.05) is 11.9 Å². The quantitative estimate of drug-likeness (QED) is 0.765. The summed E-state index contributed by atoms with van der Waals surface area (Å²) in [5, 5.41) is 13.8. The zero-order chi connectivity index (χ0) is 12.5. The third-order valence-electron chi connectivity index (χ3n) is 2.31. The molecule has 0 heterocycles. The van der Waals surface area contributed by atoms with Gasteiger partial charge in [0.1, 0.15) is 0 Å². The number of nitriles is 1. The second kappa shape index (κ2) is 7.29. The fourth-order valence-electron chi connectivity index (χ4n) is 1.34. The Labute approximate surface area is 102 Å². The molecule has 2 N–H and O–H groups in total. The molecule has 1 rings (SSSR count). The molecule has 0 radical (unpaired) electrons. The molecule has 0 unspecified atom stereocenters. The maximum atomic E-state index is 11.4. The second-order valence-corrected chi connectivity index (χ2v) is 3.86. The van der Waals surface area contributed by atoms with Crippen molar-refractivity contribution in [3.8, 4) is 6.07 Å². The third kappa shape index (κ3) is 5.57. The first-order valence-corrected chi connectivity index (χ1v) is 5.71. The summed E-state index contributed by atoms with van der Waals surface area (Å²) in [5.41, 5.74) is 1.94. The maximum Gasteiger partial charge on any atom is 0.319 e. The third-order valence-corrected chi connectivity index (χ3v) is 2.31.